The van der Waals surface area contributed by atoms with E-state index in [-0.39, 0.29) is 0 Å². The first-order valence-electron chi connectivity index (χ1n) is 4.42. The third kappa shape index (κ3) is 3.65. The fourth-order valence-corrected chi connectivity index (χ4v) is 1.10. The molecule has 0 aliphatic rings. The van der Waals surface area contributed by atoms with E-state index in [0.29, 0.717) is 0 Å². The van der Waals surface area contributed by atoms with Gasteiger partial charge in [0.1, 0.15) is 0 Å². The molecule has 0 aromatic heterocycles. The van der Waals surface area contributed by atoms with Gasteiger partial charge in [-0.15, -0.1) is 0 Å². The first kappa shape index (κ1) is 9.65. The summed E-state index contributed by atoms with van der Waals surface area (Å²) in [6.07, 6.45) is 1.01. The maximum Gasteiger partial charge on any atom is 0.0314 e. The van der Waals surface area contributed by atoms with E-state index in [1.165, 1.54) is 5.56 Å². The molecular formula is C11H16N2. The molecule has 0 saturated carbocycles. The molecule has 70 valence electrons. The minimum atomic E-state index is 0.816. The summed E-state index contributed by atoms with van der Waals surface area (Å²) in [5, 5.41) is 3.18. The van der Waals surface area contributed by atoms with E-state index in [1.54, 1.807) is 0 Å². The Hall–Kier alpha value is -1.44. The number of nitrogen functional groups attached to an aromatic ring is 1. The molecule has 13 heavy (non-hydrogen) atoms. The van der Waals surface area contributed by atoms with Gasteiger partial charge in [0.2, 0.25) is 0 Å². The summed E-state index contributed by atoms with van der Waals surface area (Å²) < 4.78 is 0. The summed E-state index contributed by atoms with van der Waals surface area (Å²) in [6.45, 7) is 6.66. The first-order chi connectivity index (χ1) is 6.18. The van der Waals surface area contributed by atoms with Crippen LogP contribution < -0.4 is 11.1 Å². The van der Waals surface area contributed by atoms with E-state index < -0.39 is 0 Å². The zero-order valence-electron chi connectivity index (χ0n) is 8.01. The molecule has 0 radical (unpaired) electrons. The minimum absolute atomic E-state index is 0.816. The molecule has 0 amide bonds. The predicted octanol–water partition coefficient (Wildman–Crippen LogP) is 1.93. The lowest BCUT2D eigenvalue weighted by molar-refractivity contribution is 0.791. The Morgan fingerprint density at radius 3 is 2.54 bits per heavy atom. The van der Waals surface area contributed by atoms with Gasteiger partial charge in [-0.25, -0.2) is 0 Å². The van der Waals surface area contributed by atoms with Crippen molar-refractivity contribution in [1.82, 2.24) is 5.32 Å². The molecule has 1 aromatic carbocycles. The maximum absolute atomic E-state index is 5.57. The van der Waals surface area contributed by atoms with Crippen LogP contribution in [0.1, 0.15) is 12.5 Å². The standard InChI is InChI=1S/C11H16N2/c1-9(2)13-8-7-10-3-5-11(12)6-4-10/h3-6,13H,1,7-8,12H2,2H3. The predicted molar refractivity (Wildman–Crippen MR) is 57.4 cm³/mol. The summed E-state index contributed by atoms with van der Waals surface area (Å²) >= 11 is 0. The van der Waals surface area contributed by atoms with Crippen molar-refractivity contribution in [2.45, 2.75) is 13.3 Å². The van der Waals surface area contributed by atoms with Gasteiger partial charge in [0.15, 0.2) is 0 Å². The zero-order valence-corrected chi connectivity index (χ0v) is 8.01. The number of anilines is 1. The second-order valence-corrected chi connectivity index (χ2v) is 3.20. The molecule has 2 heteroatoms. The van der Waals surface area contributed by atoms with Gasteiger partial charge in [0, 0.05) is 17.9 Å². The maximum atomic E-state index is 5.57. The Balaban J connectivity index is 2.37. The zero-order chi connectivity index (χ0) is 9.68. The lowest BCUT2D eigenvalue weighted by Crippen LogP contribution is -2.13. The SMILES string of the molecule is C=C(C)NCCc1ccc(N)cc1. The van der Waals surface area contributed by atoms with Gasteiger partial charge in [0.25, 0.3) is 0 Å². The molecule has 0 atom stereocenters. The van der Waals surface area contributed by atoms with Gasteiger partial charge in [-0.2, -0.15) is 0 Å². The van der Waals surface area contributed by atoms with E-state index >= 15 is 0 Å². The number of hydrogen-bond acceptors (Lipinski definition) is 2. The number of hydrogen-bond donors (Lipinski definition) is 2. The van der Waals surface area contributed by atoms with Gasteiger partial charge in [-0.05, 0) is 31.0 Å². The Morgan fingerprint density at radius 1 is 1.38 bits per heavy atom. The molecule has 1 aromatic rings. The second-order valence-electron chi connectivity index (χ2n) is 3.20. The normalized spacial score (nSPS) is 9.62. The summed E-state index contributed by atoms with van der Waals surface area (Å²) in [6, 6.07) is 7.96. The van der Waals surface area contributed by atoms with Crippen molar-refractivity contribution in [3.8, 4) is 0 Å². The van der Waals surface area contributed by atoms with Crippen molar-refractivity contribution in [1.29, 1.82) is 0 Å². The van der Waals surface area contributed by atoms with Crippen LogP contribution >= 0.6 is 0 Å². The van der Waals surface area contributed by atoms with Gasteiger partial charge >= 0.3 is 0 Å². The number of benzene rings is 1. The molecule has 0 heterocycles. The Kier molecular flexibility index (Phi) is 3.38. The summed E-state index contributed by atoms with van der Waals surface area (Å²) in [4.78, 5) is 0. The quantitative estimate of drug-likeness (QED) is 0.688. The average Bonchev–Trinajstić information content (AvgIpc) is 2.08. The fourth-order valence-electron chi connectivity index (χ4n) is 1.10. The number of nitrogens with two attached hydrogens (primary N) is 1. The highest BCUT2D eigenvalue weighted by molar-refractivity contribution is 5.39. The van der Waals surface area contributed by atoms with E-state index in [0.717, 1.165) is 24.4 Å². The number of rotatable bonds is 4. The van der Waals surface area contributed by atoms with Crippen LogP contribution in [0.3, 0.4) is 0 Å². The Bertz CT molecular complexity index is 275. The molecule has 0 bridgehead atoms. The van der Waals surface area contributed by atoms with Crippen molar-refractivity contribution in [3.05, 3.63) is 42.1 Å². The lowest BCUT2D eigenvalue weighted by atomic mass is 10.1. The van der Waals surface area contributed by atoms with E-state index in [2.05, 4.69) is 24.0 Å². The van der Waals surface area contributed by atoms with Gasteiger partial charge in [-0.1, -0.05) is 18.7 Å². The van der Waals surface area contributed by atoms with Crippen molar-refractivity contribution in [2.24, 2.45) is 0 Å². The number of nitrogens with one attached hydrogen (secondary N) is 1. The molecule has 0 aliphatic heterocycles. The number of allylic oxidation sites excluding steroid dienone is 1. The molecule has 0 aliphatic carbocycles. The monoisotopic (exact) mass is 176 g/mol. The molecular weight excluding hydrogens is 160 g/mol. The average molecular weight is 176 g/mol. The molecule has 0 fully saturated rings. The van der Waals surface area contributed by atoms with Crippen LogP contribution in [0.15, 0.2) is 36.5 Å². The molecule has 2 nitrogen and oxygen atoms in total. The van der Waals surface area contributed by atoms with Crippen LogP contribution in [0.25, 0.3) is 0 Å². The highest BCUT2D eigenvalue weighted by Gasteiger charge is 1.91. The van der Waals surface area contributed by atoms with Gasteiger partial charge in [-0.3, -0.25) is 0 Å². The second kappa shape index (κ2) is 4.55. The smallest absolute Gasteiger partial charge is 0.0314 e. The largest absolute Gasteiger partial charge is 0.399 e. The lowest BCUT2D eigenvalue weighted by Gasteiger charge is -2.04. The summed E-state index contributed by atoms with van der Waals surface area (Å²) in [7, 11) is 0. The van der Waals surface area contributed by atoms with Crippen molar-refractivity contribution >= 4 is 5.69 Å². The molecule has 1 rings (SSSR count). The van der Waals surface area contributed by atoms with Gasteiger partial charge < -0.3 is 11.1 Å². The molecule has 3 N–H and O–H groups in total. The van der Waals surface area contributed by atoms with Crippen LogP contribution in [0.2, 0.25) is 0 Å². The Labute approximate surface area is 79.5 Å². The van der Waals surface area contributed by atoms with E-state index in [1.807, 2.05) is 19.1 Å². The van der Waals surface area contributed by atoms with Crippen LogP contribution in [0.4, 0.5) is 5.69 Å². The fraction of sp³-hybridized carbons (Fsp3) is 0.273. The third-order valence-corrected chi connectivity index (χ3v) is 1.82. The molecule has 0 spiro atoms. The van der Waals surface area contributed by atoms with Crippen LogP contribution in [0.5, 0.6) is 0 Å². The van der Waals surface area contributed by atoms with E-state index in [9.17, 15) is 0 Å². The van der Waals surface area contributed by atoms with E-state index in [4.69, 9.17) is 5.73 Å². The first-order valence-corrected chi connectivity index (χ1v) is 4.42. The summed E-state index contributed by atoms with van der Waals surface area (Å²) in [5.41, 5.74) is 8.69. The van der Waals surface area contributed by atoms with Crippen molar-refractivity contribution < 1.29 is 0 Å². The molecule has 0 unspecified atom stereocenters. The minimum Gasteiger partial charge on any atom is -0.399 e. The van der Waals surface area contributed by atoms with Crippen LogP contribution in [-0.4, -0.2) is 6.54 Å². The molecule has 0 saturated heterocycles. The van der Waals surface area contributed by atoms with Crippen LogP contribution in [0, 0.1) is 0 Å². The van der Waals surface area contributed by atoms with Crippen molar-refractivity contribution in [2.75, 3.05) is 12.3 Å². The summed E-state index contributed by atoms with van der Waals surface area (Å²) in [5.74, 6) is 0. The third-order valence-electron chi connectivity index (χ3n) is 1.82. The van der Waals surface area contributed by atoms with Gasteiger partial charge in [0.05, 0.1) is 0 Å². The van der Waals surface area contributed by atoms with Crippen molar-refractivity contribution in [3.63, 3.8) is 0 Å². The topological polar surface area (TPSA) is 38.0 Å². The Morgan fingerprint density at radius 2 is 2.00 bits per heavy atom. The highest BCUT2D eigenvalue weighted by Crippen LogP contribution is 2.05. The van der Waals surface area contributed by atoms with Crippen LogP contribution in [-0.2, 0) is 6.42 Å². The highest BCUT2D eigenvalue weighted by atomic mass is 14.9.